The first-order chi connectivity index (χ1) is 10.9. The molecular weight excluding hydrogens is 329 g/mol. The Kier molecular flexibility index (Phi) is 5.19. The summed E-state index contributed by atoms with van der Waals surface area (Å²) in [5.74, 6) is -0.993. The molecule has 23 heavy (non-hydrogen) atoms. The van der Waals surface area contributed by atoms with Crippen LogP contribution in [0.15, 0.2) is 28.0 Å². The van der Waals surface area contributed by atoms with Gasteiger partial charge in [-0.3, -0.25) is 10.0 Å². The summed E-state index contributed by atoms with van der Waals surface area (Å²) in [5, 5.41) is 13.6. The van der Waals surface area contributed by atoms with E-state index in [0.717, 1.165) is 11.3 Å². The normalized spacial score (nSPS) is 11.8. The van der Waals surface area contributed by atoms with Gasteiger partial charge in [-0.25, -0.2) is 14.2 Å². The fourth-order valence-corrected chi connectivity index (χ4v) is 2.18. The molecule has 4 N–H and O–H groups in total. The van der Waals surface area contributed by atoms with Crippen LogP contribution in [0.5, 0.6) is 11.0 Å². The van der Waals surface area contributed by atoms with Gasteiger partial charge in [-0.2, -0.15) is 0 Å². The summed E-state index contributed by atoms with van der Waals surface area (Å²) in [4.78, 5) is 22.6. The highest BCUT2D eigenvalue weighted by molar-refractivity contribution is 7.11. The van der Waals surface area contributed by atoms with Crippen molar-refractivity contribution in [3.8, 4) is 11.0 Å². The Hall–Kier alpha value is -2.59. The molecule has 124 valence electrons. The lowest BCUT2D eigenvalue weighted by atomic mass is 10.3. The number of urea groups is 1. The van der Waals surface area contributed by atoms with E-state index in [2.05, 4.69) is 5.32 Å². The van der Waals surface area contributed by atoms with Gasteiger partial charge >= 0.3 is 6.03 Å². The minimum Gasteiger partial charge on any atom is -0.420 e. The molecule has 0 aliphatic rings. The molecule has 0 saturated carbocycles. The number of halogens is 1. The van der Waals surface area contributed by atoms with Gasteiger partial charge in [0, 0.05) is 24.1 Å². The van der Waals surface area contributed by atoms with Crippen LogP contribution >= 0.6 is 11.3 Å². The first kappa shape index (κ1) is 16.8. The summed E-state index contributed by atoms with van der Waals surface area (Å²) in [6.07, 6.45) is 0. The molecule has 0 spiro atoms. The summed E-state index contributed by atoms with van der Waals surface area (Å²) in [5.41, 5.74) is 4.90. The molecule has 1 atom stereocenters. The quantitative estimate of drug-likeness (QED) is 0.549. The molecule has 2 heterocycles. The third-order valence-electron chi connectivity index (χ3n) is 2.75. The van der Waals surface area contributed by atoms with E-state index in [1.165, 1.54) is 30.5 Å². The van der Waals surface area contributed by atoms with Crippen molar-refractivity contribution in [1.29, 1.82) is 0 Å². The van der Waals surface area contributed by atoms with Crippen molar-refractivity contribution in [2.45, 2.75) is 13.0 Å². The molecule has 0 radical (unpaired) electrons. The van der Waals surface area contributed by atoms with Gasteiger partial charge in [-0.05, 0) is 13.0 Å². The fraction of sp³-hybridized carbons (Fsp3) is 0.231. The highest BCUT2D eigenvalue weighted by atomic mass is 32.1. The summed E-state index contributed by atoms with van der Waals surface area (Å²) >= 11 is 1.05. The average molecular weight is 343 g/mol. The first-order valence-corrected chi connectivity index (χ1v) is 7.32. The number of hydroxylamine groups is 2. The molecule has 0 saturated heterocycles. The van der Waals surface area contributed by atoms with Gasteiger partial charge in [-0.1, -0.05) is 0 Å². The van der Waals surface area contributed by atoms with E-state index in [9.17, 15) is 19.2 Å². The number of nitrogens with two attached hydrogens (primary N) is 1. The van der Waals surface area contributed by atoms with Crippen LogP contribution in [0.25, 0.3) is 0 Å². The number of nitrogens with one attached hydrogen (secondary N) is 1. The summed E-state index contributed by atoms with van der Waals surface area (Å²) in [6, 6.07) is 2.25. The van der Waals surface area contributed by atoms with Crippen molar-refractivity contribution in [2.24, 2.45) is 5.73 Å². The second-order valence-electron chi connectivity index (χ2n) is 4.55. The van der Waals surface area contributed by atoms with E-state index in [1.54, 1.807) is 0 Å². The van der Waals surface area contributed by atoms with Gasteiger partial charge in [0.05, 0.1) is 6.04 Å². The number of carbonyl (C=O) groups is 2. The average Bonchev–Trinajstić information content (AvgIpc) is 3.13. The van der Waals surface area contributed by atoms with Crippen LogP contribution in [0.1, 0.15) is 17.5 Å². The molecule has 10 heteroatoms. The Balaban J connectivity index is 1.89. The molecule has 8 nitrogen and oxygen atoms in total. The lowest BCUT2D eigenvalue weighted by Crippen LogP contribution is -2.45. The number of hydrogen-bond acceptors (Lipinski definition) is 6. The number of thiophene rings is 1. The lowest BCUT2D eigenvalue weighted by molar-refractivity contribution is -0.0682. The molecule has 0 bridgehead atoms. The summed E-state index contributed by atoms with van der Waals surface area (Å²) in [6.45, 7) is 1.46. The van der Waals surface area contributed by atoms with Crippen molar-refractivity contribution in [2.75, 3.05) is 6.54 Å². The van der Waals surface area contributed by atoms with Crippen molar-refractivity contribution >= 4 is 23.3 Å². The predicted molar refractivity (Wildman–Crippen MR) is 78.1 cm³/mol. The maximum absolute atomic E-state index is 12.8. The summed E-state index contributed by atoms with van der Waals surface area (Å²) < 4.78 is 23.3. The third kappa shape index (κ3) is 4.44. The zero-order chi connectivity index (χ0) is 17.0. The highest BCUT2D eigenvalue weighted by Gasteiger charge is 2.18. The molecule has 0 unspecified atom stereocenters. The van der Waals surface area contributed by atoms with E-state index in [-0.39, 0.29) is 23.3 Å². The largest absolute Gasteiger partial charge is 0.420 e. The predicted octanol–water partition coefficient (Wildman–Crippen LogP) is 2.16. The molecule has 2 aromatic heterocycles. The van der Waals surface area contributed by atoms with Gasteiger partial charge in [-0.15, -0.1) is 11.3 Å². The van der Waals surface area contributed by atoms with E-state index in [4.69, 9.17) is 14.9 Å². The van der Waals surface area contributed by atoms with Crippen molar-refractivity contribution in [3.63, 3.8) is 0 Å². The van der Waals surface area contributed by atoms with Crippen LogP contribution in [-0.2, 0) is 0 Å². The Labute approximate surface area is 134 Å². The maximum Gasteiger partial charge on any atom is 0.338 e. The number of primary amides is 1. The Morgan fingerprint density at radius 1 is 1.57 bits per heavy atom. The van der Waals surface area contributed by atoms with Crippen LogP contribution in [0.3, 0.4) is 0 Å². The molecular formula is C13H14FN3O5S. The number of rotatable bonds is 6. The van der Waals surface area contributed by atoms with Gasteiger partial charge in [0.2, 0.25) is 0 Å². The van der Waals surface area contributed by atoms with Crippen LogP contribution in [0.4, 0.5) is 9.18 Å². The SMILES string of the molecule is C[C@@H](CNC(=O)c1ccc(Oc2cc(F)cs2)o1)N(O)C(N)=O. The third-order valence-corrected chi connectivity index (χ3v) is 3.53. The van der Waals surface area contributed by atoms with Gasteiger partial charge in [0.15, 0.2) is 10.8 Å². The van der Waals surface area contributed by atoms with Gasteiger partial charge < -0.3 is 20.2 Å². The van der Waals surface area contributed by atoms with E-state index >= 15 is 0 Å². The standard InChI is InChI=1S/C13H14FN3O5S/c1-7(17(20)13(15)19)5-16-12(18)9-2-3-10(21-9)22-11-4-8(14)6-23-11/h2-4,6-7,20H,5H2,1H3,(H2,15,19)(H,16,18)/t7-/m0/s1. The Morgan fingerprint density at radius 2 is 2.30 bits per heavy atom. The second-order valence-corrected chi connectivity index (χ2v) is 5.42. The molecule has 0 aromatic carbocycles. The molecule has 0 aliphatic carbocycles. The minimum absolute atomic E-state index is 0.0333. The highest BCUT2D eigenvalue weighted by Crippen LogP contribution is 2.29. The van der Waals surface area contributed by atoms with Gasteiger partial charge in [0.25, 0.3) is 11.9 Å². The van der Waals surface area contributed by atoms with Crippen LogP contribution < -0.4 is 15.8 Å². The smallest absolute Gasteiger partial charge is 0.338 e. The van der Waals surface area contributed by atoms with E-state index < -0.39 is 23.8 Å². The number of furan rings is 1. The van der Waals surface area contributed by atoms with Crippen molar-refractivity contribution < 1.29 is 28.3 Å². The summed E-state index contributed by atoms with van der Waals surface area (Å²) in [7, 11) is 0. The van der Waals surface area contributed by atoms with Gasteiger partial charge in [0.1, 0.15) is 5.82 Å². The number of ether oxygens (including phenoxy) is 1. The monoisotopic (exact) mass is 343 g/mol. The molecule has 0 fully saturated rings. The number of carbonyl (C=O) groups excluding carboxylic acids is 2. The van der Waals surface area contributed by atoms with Crippen molar-refractivity contribution in [3.05, 3.63) is 35.2 Å². The Bertz CT molecular complexity index is 701. The maximum atomic E-state index is 12.8. The van der Waals surface area contributed by atoms with Crippen LogP contribution in [0.2, 0.25) is 0 Å². The number of nitrogens with zero attached hydrogens (tertiary/aromatic N) is 1. The minimum atomic E-state index is -1.02. The zero-order valence-corrected chi connectivity index (χ0v) is 12.8. The second kappa shape index (κ2) is 7.11. The number of amides is 3. The fourth-order valence-electron chi connectivity index (χ4n) is 1.58. The van der Waals surface area contributed by atoms with Crippen LogP contribution in [-0.4, -0.2) is 34.8 Å². The lowest BCUT2D eigenvalue weighted by Gasteiger charge is -2.20. The van der Waals surface area contributed by atoms with E-state index in [1.807, 2.05) is 0 Å². The molecule has 0 aliphatic heterocycles. The van der Waals surface area contributed by atoms with E-state index in [0.29, 0.717) is 5.06 Å². The first-order valence-electron chi connectivity index (χ1n) is 6.44. The Morgan fingerprint density at radius 3 is 2.91 bits per heavy atom. The molecule has 3 amide bonds. The number of hydrogen-bond donors (Lipinski definition) is 3. The van der Waals surface area contributed by atoms with Crippen LogP contribution in [0, 0.1) is 5.82 Å². The molecule has 2 aromatic rings. The zero-order valence-electron chi connectivity index (χ0n) is 12.0. The molecule has 2 rings (SSSR count). The topological polar surface area (TPSA) is 118 Å². The van der Waals surface area contributed by atoms with Crippen molar-refractivity contribution in [1.82, 2.24) is 10.4 Å².